The van der Waals surface area contributed by atoms with E-state index in [2.05, 4.69) is 4.74 Å². The van der Waals surface area contributed by atoms with Gasteiger partial charge in [-0.2, -0.15) is 0 Å². The summed E-state index contributed by atoms with van der Waals surface area (Å²) in [5.41, 5.74) is 0.683. The number of methoxy groups -OCH3 is 1. The molecule has 0 aliphatic carbocycles. The summed E-state index contributed by atoms with van der Waals surface area (Å²) in [4.78, 5) is 22.1. The normalized spacial score (nSPS) is 10.2. The first-order valence-corrected chi connectivity index (χ1v) is 4.33. The highest BCUT2D eigenvalue weighted by atomic mass is 16.5. The van der Waals surface area contributed by atoms with Crippen molar-refractivity contribution in [3.8, 4) is 0 Å². The summed E-state index contributed by atoms with van der Waals surface area (Å²) in [6.45, 7) is 0. The van der Waals surface area contributed by atoms with Gasteiger partial charge in [0.15, 0.2) is 12.0 Å². The summed E-state index contributed by atoms with van der Waals surface area (Å²) in [5, 5.41) is 0.589. The third kappa shape index (κ3) is 1.40. The van der Waals surface area contributed by atoms with Crippen LogP contribution in [0.1, 0.15) is 20.9 Å². The Bertz CT molecular complexity index is 524. The van der Waals surface area contributed by atoms with Crippen molar-refractivity contribution >= 4 is 23.2 Å². The molecule has 0 N–H and O–H groups in total. The maximum absolute atomic E-state index is 11.4. The van der Waals surface area contributed by atoms with Crippen LogP contribution in [0.5, 0.6) is 0 Å². The lowest BCUT2D eigenvalue weighted by Crippen LogP contribution is -2.02. The molecule has 2 rings (SSSR count). The Kier molecular flexibility index (Phi) is 2.25. The summed E-state index contributed by atoms with van der Waals surface area (Å²) in [7, 11) is 1.26. The standard InChI is InChI=1S/C11H8O4/c1-14-11(13)10-7-4-2-3-5-8(7)15-9(10)6-12/h2-6H,1H3. The Balaban J connectivity index is 2.78. The predicted octanol–water partition coefficient (Wildman–Crippen LogP) is 2.03. The molecule has 1 heterocycles. The lowest BCUT2D eigenvalue weighted by Gasteiger charge is -1.95. The third-order valence-electron chi connectivity index (χ3n) is 2.12. The van der Waals surface area contributed by atoms with Crippen LogP contribution >= 0.6 is 0 Å². The molecule has 15 heavy (non-hydrogen) atoms. The van der Waals surface area contributed by atoms with E-state index in [0.29, 0.717) is 17.3 Å². The number of carbonyl (C=O) groups is 2. The second-order valence-electron chi connectivity index (χ2n) is 2.95. The molecule has 2 aromatic rings. The van der Waals surface area contributed by atoms with E-state index in [1.165, 1.54) is 7.11 Å². The Morgan fingerprint density at radius 3 is 2.80 bits per heavy atom. The van der Waals surface area contributed by atoms with Crippen LogP contribution in [-0.2, 0) is 4.74 Å². The third-order valence-corrected chi connectivity index (χ3v) is 2.12. The Morgan fingerprint density at radius 2 is 2.13 bits per heavy atom. The molecule has 0 amide bonds. The van der Waals surface area contributed by atoms with Crippen LogP contribution in [0.3, 0.4) is 0 Å². The molecular formula is C11H8O4. The van der Waals surface area contributed by atoms with Crippen LogP contribution in [0.15, 0.2) is 28.7 Å². The number of fused-ring (bicyclic) bond motifs is 1. The van der Waals surface area contributed by atoms with Crippen LogP contribution in [0.2, 0.25) is 0 Å². The van der Waals surface area contributed by atoms with Crippen LogP contribution in [-0.4, -0.2) is 19.4 Å². The molecule has 0 fully saturated rings. The molecule has 0 saturated carbocycles. The number of furan rings is 1. The monoisotopic (exact) mass is 204 g/mol. The number of hydrogen-bond acceptors (Lipinski definition) is 4. The minimum Gasteiger partial charge on any atom is -0.465 e. The van der Waals surface area contributed by atoms with Gasteiger partial charge < -0.3 is 9.15 Å². The maximum atomic E-state index is 11.4. The van der Waals surface area contributed by atoms with Crippen LogP contribution < -0.4 is 0 Å². The van der Waals surface area contributed by atoms with Gasteiger partial charge in [0.2, 0.25) is 0 Å². The molecule has 76 valence electrons. The molecule has 0 atom stereocenters. The highest BCUT2D eigenvalue weighted by Crippen LogP contribution is 2.25. The Morgan fingerprint density at radius 1 is 1.40 bits per heavy atom. The first-order valence-electron chi connectivity index (χ1n) is 4.33. The highest BCUT2D eigenvalue weighted by Gasteiger charge is 2.20. The zero-order chi connectivity index (χ0) is 10.8. The molecule has 1 aromatic heterocycles. The molecule has 0 aliphatic heterocycles. The maximum Gasteiger partial charge on any atom is 0.342 e. The molecule has 0 aliphatic rings. The summed E-state index contributed by atoms with van der Waals surface area (Å²) in [6, 6.07) is 6.92. The van der Waals surface area contributed by atoms with Crippen LogP contribution in [0.4, 0.5) is 0 Å². The highest BCUT2D eigenvalue weighted by molar-refractivity contribution is 6.08. The Labute approximate surface area is 85.4 Å². The van der Waals surface area contributed by atoms with E-state index >= 15 is 0 Å². The number of aldehydes is 1. The van der Waals surface area contributed by atoms with Crippen molar-refractivity contribution in [1.29, 1.82) is 0 Å². The average molecular weight is 204 g/mol. The summed E-state index contributed by atoms with van der Waals surface area (Å²) in [6.07, 6.45) is 0.506. The van der Waals surface area contributed by atoms with Crippen molar-refractivity contribution in [2.24, 2.45) is 0 Å². The van der Waals surface area contributed by atoms with Crippen molar-refractivity contribution in [3.05, 3.63) is 35.6 Å². The van der Waals surface area contributed by atoms with Crippen LogP contribution in [0.25, 0.3) is 11.0 Å². The van der Waals surface area contributed by atoms with Gasteiger partial charge in [-0.05, 0) is 6.07 Å². The van der Waals surface area contributed by atoms with Crippen molar-refractivity contribution in [2.45, 2.75) is 0 Å². The molecule has 0 unspecified atom stereocenters. The molecule has 0 saturated heterocycles. The summed E-state index contributed by atoms with van der Waals surface area (Å²) in [5.74, 6) is -0.565. The van der Waals surface area contributed by atoms with E-state index < -0.39 is 5.97 Å². The van der Waals surface area contributed by atoms with E-state index in [9.17, 15) is 9.59 Å². The minimum absolute atomic E-state index is 0.00282. The molecule has 0 bridgehead atoms. The largest absolute Gasteiger partial charge is 0.465 e. The van der Waals surface area contributed by atoms with Gasteiger partial charge in [-0.1, -0.05) is 18.2 Å². The smallest absolute Gasteiger partial charge is 0.342 e. The van der Waals surface area contributed by atoms with Gasteiger partial charge in [0.25, 0.3) is 0 Å². The number of hydrogen-bond donors (Lipinski definition) is 0. The molecular weight excluding hydrogens is 196 g/mol. The van der Waals surface area contributed by atoms with Gasteiger partial charge in [-0.25, -0.2) is 4.79 Å². The first kappa shape index (κ1) is 9.45. The lowest BCUT2D eigenvalue weighted by molar-refractivity contribution is 0.0599. The predicted molar refractivity (Wildman–Crippen MR) is 52.9 cm³/mol. The number of rotatable bonds is 2. The van der Waals surface area contributed by atoms with Crippen molar-refractivity contribution in [3.63, 3.8) is 0 Å². The number of para-hydroxylation sites is 1. The zero-order valence-corrected chi connectivity index (χ0v) is 8.02. The SMILES string of the molecule is COC(=O)c1c(C=O)oc2ccccc12. The molecule has 1 aromatic carbocycles. The summed E-state index contributed by atoms with van der Waals surface area (Å²) < 4.78 is 9.79. The van der Waals surface area contributed by atoms with E-state index in [-0.39, 0.29) is 11.3 Å². The van der Waals surface area contributed by atoms with Gasteiger partial charge in [-0.15, -0.1) is 0 Å². The Hall–Kier alpha value is -2.10. The minimum atomic E-state index is -0.568. The number of carbonyl (C=O) groups excluding carboxylic acids is 2. The molecule has 0 spiro atoms. The second-order valence-corrected chi connectivity index (χ2v) is 2.95. The quantitative estimate of drug-likeness (QED) is 0.554. The average Bonchev–Trinajstić information content (AvgIpc) is 2.66. The van der Waals surface area contributed by atoms with E-state index in [0.717, 1.165) is 0 Å². The van der Waals surface area contributed by atoms with Gasteiger partial charge in [0, 0.05) is 5.39 Å². The van der Waals surface area contributed by atoms with E-state index in [1.807, 2.05) is 0 Å². The summed E-state index contributed by atoms with van der Waals surface area (Å²) >= 11 is 0. The van der Waals surface area contributed by atoms with Gasteiger partial charge in [0.1, 0.15) is 11.1 Å². The lowest BCUT2D eigenvalue weighted by atomic mass is 10.1. The number of benzene rings is 1. The van der Waals surface area contributed by atoms with Crippen molar-refractivity contribution in [2.75, 3.05) is 7.11 Å². The molecule has 4 heteroatoms. The van der Waals surface area contributed by atoms with Gasteiger partial charge in [-0.3, -0.25) is 4.79 Å². The molecule has 0 radical (unpaired) electrons. The van der Waals surface area contributed by atoms with Crippen molar-refractivity contribution < 1.29 is 18.7 Å². The second kappa shape index (κ2) is 3.57. The fourth-order valence-electron chi connectivity index (χ4n) is 1.46. The van der Waals surface area contributed by atoms with Gasteiger partial charge in [0.05, 0.1) is 7.11 Å². The van der Waals surface area contributed by atoms with Crippen molar-refractivity contribution in [1.82, 2.24) is 0 Å². The topological polar surface area (TPSA) is 56.5 Å². The first-order chi connectivity index (χ1) is 7.27. The zero-order valence-electron chi connectivity index (χ0n) is 8.02. The number of ether oxygens (including phenoxy) is 1. The number of esters is 1. The fourth-order valence-corrected chi connectivity index (χ4v) is 1.46. The van der Waals surface area contributed by atoms with Crippen LogP contribution in [0, 0.1) is 0 Å². The molecule has 4 nitrogen and oxygen atoms in total. The van der Waals surface area contributed by atoms with Gasteiger partial charge >= 0.3 is 5.97 Å². The van der Waals surface area contributed by atoms with E-state index in [4.69, 9.17) is 4.42 Å². The van der Waals surface area contributed by atoms with E-state index in [1.54, 1.807) is 24.3 Å². The fraction of sp³-hybridized carbons (Fsp3) is 0.0909.